The number of nitrogens with zero attached hydrogens (tertiary/aromatic N) is 2. The van der Waals surface area contributed by atoms with Crippen LogP contribution < -0.4 is 4.74 Å². The van der Waals surface area contributed by atoms with Crippen molar-refractivity contribution in [3.8, 4) is 17.1 Å². The fraction of sp³-hybridized carbons (Fsp3) is 0.227. The molecule has 144 valence electrons. The van der Waals surface area contributed by atoms with E-state index in [2.05, 4.69) is 52.5 Å². The van der Waals surface area contributed by atoms with Crippen LogP contribution in [-0.2, 0) is 6.54 Å². The zero-order valence-corrected chi connectivity index (χ0v) is 16.9. The molecule has 6 heteroatoms. The summed E-state index contributed by atoms with van der Waals surface area (Å²) in [6.07, 6.45) is 1.27. The van der Waals surface area contributed by atoms with Crippen LogP contribution >= 0.6 is 23.7 Å². The second kappa shape index (κ2) is 8.35. The molecule has 0 amide bonds. The first-order valence-corrected chi connectivity index (χ1v) is 10.1. The van der Waals surface area contributed by atoms with Crippen molar-refractivity contribution in [2.24, 2.45) is 0 Å². The second-order valence-corrected chi connectivity index (χ2v) is 7.82. The van der Waals surface area contributed by atoms with Crippen LogP contribution in [0, 0.1) is 0 Å². The lowest BCUT2D eigenvalue weighted by Gasteiger charge is -2.17. The Morgan fingerprint density at radius 2 is 2.00 bits per heavy atom. The van der Waals surface area contributed by atoms with E-state index >= 15 is 0 Å². The maximum absolute atomic E-state index is 6.27. The zero-order valence-electron chi connectivity index (χ0n) is 15.3. The first-order valence-electron chi connectivity index (χ1n) is 9.21. The van der Waals surface area contributed by atoms with Crippen LogP contribution in [-0.4, -0.2) is 29.3 Å². The summed E-state index contributed by atoms with van der Waals surface area (Å²) < 4.78 is 11.8. The van der Waals surface area contributed by atoms with E-state index in [9.17, 15) is 0 Å². The van der Waals surface area contributed by atoms with E-state index in [0.29, 0.717) is 0 Å². The third-order valence-electron chi connectivity index (χ3n) is 4.99. The molecular formula is C22H21ClN2O2S. The summed E-state index contributed by atoms with van der Waals surface area (Å²) in [6.45, 7) is 3.00. The summed E-state index contributed by atoms with van der Waals surface area (Å²) in [7, 11) is 0. The van der Waals surface area contributed by atoms with Crippen molar-refractivity contribution in [3.63, 3.8) is 0 Å². The summed E-state index contributed by atoms with van der Waals surface area (Å²) in [6, 6.07) is 20.8. The lowest BCUT2D eigenvalue weighted by molar-refractivity contribution is 0.198. The van der Waals surface area contributed by atoms with Crippen LogP contribution in [0.25, 0.3) is 21.5 Å². The lowest BCUT2D eigenvalue weighted by Crippen LogP contribution is -2.24. The summed E-state index contributed by atoms with van der Waals surface area (Å²) in [5, 5.41) is 7.23. The summed E-state index contributed by atoms with van der Waals surface area (Å²) in [4.78, 5) is 3.39. The Bertz CT molecular complexity index is 1050. The van der Waals surface area contributed by atoms with E-state index in [1.54, 1.807) is 11.3 Å². The number of hydrogen-bond donors (Lipinski definition) is 0. The molecule has 1 atom stereocenters. The average Bonchev–Trinajstić information content (AvgIpc) is 3.40. The van der Waals surface area contributed by atoms with Crippen LogP contribution in [0.4, 0.5) is 0 Å². The monoisotopic (exact) mass is 412 g/mol. The summed E-state index contributed by atoms with van der Waals surface area (Å²) in [5.41, 5.74) is 2.36. The molecule has 28 heavy (non-hydrogen) atoms. The number of ether oxygens (including phenoxy) is 1. The normalized spacial score (nSPS) is 16.9. The highest BCUT2D eigenvalue weighted by Crippen LogP contribution is 2.33. The van der Waals surface area contributed by atoms with Gasteiger partial charge in [0.05, 0.1) is 5.39 Å². The summed E-state index contributed by atoms with van der Waals surface area (Å²) in [5.74, 6) is 1.70. The fourth-order valence-electron chi connectivity index (χ4n) is 3.67. The molecule has 0 spiro atoms. The van der Waals surface area contributed by atoms with Crippen molar-refractivity contribution in [1.29, 1.82) is 0 Å². The molecule has 1 aliphatic heterocycles. The minimum absolute atomic E-state index is 0. The standard InChI is InChI=1S/C22H20N2O2S.ClH/c1-2-5-16(6-3-1)14-24-11-9-19(15-24)25-18-8-4-7-17(13-18)21-20-10-12-27-22(20)23-26-21;/h1-8,10,12-13,19H,9,11,14-15H2;1H. The number of likely N-dealkylation sites (tertiary alicyclic amines) is 1. The third kappa shape index (κ3) is 3.92. The van der Waals surface area contributed by atoms with Crippen molar-refractivity contribution in [2.45, 2.75) is 19.1 Å². The van der Waals surface area contributed by atoms with E-state index < -0.39 is 0 Å². The van der Waals surface area contributed by atoms with Gasteiger partial charge in [-0.05, 0) is 35.6 Å². The molecule has 0 bridgehead atoms. The Labute approximate surface area is 174 Å². The van der Waals surface area contributed by atoms with E-state index in [1.165, 1.54) is 5.56 Å². The molecule has 3 heterocycles. The molecule has 5 rings (SSSR count). The predicted octanol–water partition coefficient (Wildman–Crippen LogP) is 5.63. The molecule has 0 N–H and O–H groups in total. The van der Waals surface area contributed by atoms with Crippen LogP contribution in [0.2, 0.25) is 0 Å². The maximum atomic E-state index is 6.27. The average molecular weight is 413 g/mol. The third-order valence-corrected chi connectivity index (χ3v) is 5.78. The first-order chi connectivity index (χ1) is 13.3. The number of halogens is 1. The van der Waals surface area contributed by atoms with Crippen molar-refractivity contribution in [2.75, 3.05) is 13.1 Å². The van der Waals surface area contributed by atoms with E-state index in [0.717, 1.165) is 53.3 Å². The van der Waals surface area contributed by atoms with Crippen LogP contribution in [0.3, 0.4) is 0 Å². The topological polar surface area (TPSA) is 38.5 Å². The molecule has 0 aliphatic carbocycles. The van der Waals surface area contributed by atoms with E-state index in [-0.39, 0.29) is 18.5 Å². The van der Waals surface area contributed by atoms with Gasteiger partial charge in [0.15, 0.2) is 10.6 Å². The maximum Gasteiger partial charge on any atom is 0.175 e. The molecule has 4 nitrogen and oxygen atoms in total. The lowest BCUT2D eigenvalue weighted by atomic mass is 10.1. The highest BCUT2D eigenvalue weighted by molar-refractivity contribution is 7.16. The van der Waals surface area contributed by atoms with Gasteiger partial charge < -0.3 is 9.26 Å². The number of thiophene rings is 1. The van der Waals surface area contributed by atoms with Gasteiger partial charge in [-0.2, -0.15) is 0 Å². The predicted molar refractivity (Wildman–Crippen MR) is 115 cm³/mol. The van der Waals surface area contributed by atoms with Gasteiger partial charge in [-0.15, -0.1) is 23.7 Å². The second-order valence-electron chi connectivity index (χ2n) is 6.93. The minimum atomic E-state index is 0. The van der Waals surface area contributed by atoms with Crippen molar-refractivity contribution in [3.05, 3.63) is 71.6 Å². The zero-order chi connectivity index (χ0) is 18.1. The van der Waals surface area contributed by atoms with Crippen molar-refractivity contribution < 1.29 is 9.26 Å². The van der Waals surface area contributed by atoms with Gasteiger partial charge in [-0.1, -0.05) is 47.6 Å². The largest absolute Gasteiger partial charge is 0.489 e. The van der Waals surface area contributed by atoms with Gasteiger partial charge in [0, 0.05) is 25.2 Å². The number of hydrogen-bond acceptors (Lipinski definition) is 5. The van der Waals surface area contributed by atoms with Gasteiger partial charge in [0.25, 0.3) is 0 Å². The number of rotatable bonds is 5. The number of aromatic nitrogens is 1. The number of fused-ring (bicyclic) bond motifs is 1. The van der Waals surface area contributed by atoms with Crippen LogP contribution in [0.5, 0.6) is 5.75 Å². The van der Waals surface area contributed by atoms with Crippen molar-refractivity contribution >= 4 is 34.0 Å². The van der Waals surface area contributed by atoms with E-state index in [4.69, 9.17) is 9.26 Å². The van der Waals surface area contributed by atoms with Gasteiger partial charge in [0.1, 0.15) is 11.9 Å². The molecule has 0 radical (unpaired) electrons. The van der Waals surface area contributed by atoms with Crippen LogP contribution in [0.1, 0.15) is 12.0 Å². The molecule has 4 aromatic rings. The Kier molecular flexibility index (Phi) is 5.67. The quantitative estimate of drug-likeness (QED) is 0.425. The summed E-state index contributed by atoms with van der Waals surface area (Å²) >= 11 is 1.59. The molecule has 2 aromatic heterocycles. The molecule has 2 aromatic carbocycles. The van der Waals surface area contributed by atoms with Crippen LogP contribution in [0.15, 0.2) is 70.6 Å². The van der Waals surface area contributed by atoms with Crippen molar-refractivity contribution in [1.82, 2.24) is 10.1 Å². The Morgan fingerprint density at radius 3 is 2.89 bits per heavy atom. The molecule has 1 unspecified atom stereocenters. The minimum Gasteiger partial charge on any atom is -0.489 e. The molecule has 1 fully saturated rings. The number of benzene rings is 2. The Morgan fingerprint density at radius 1 is 1.11 bits per heavy atom. The molecular weight excluding hydrogens is 392 g/mol. The Hall–Kier alpha value is -2.34. The Balaban J connectivity index is 0.00000192. The van der Waals surface area contributed by atoms with E-state index in [1.807, 2.05) is 23.6 Å². The fourth-order valence-corrected chi connectivity index (χ4v) is 4.37. The first kappa shape index (κ1) is 19.0. The SMILES string of the molecule is Cl.c1ccc(CN2CCC(Oc3cccc(-c4onc5sccc45)c3)C2)cc1. The smallest absolute Gasteiger partial charge is 0.175 e. The van der Waals surface area contributed by atoms with Gasteiger partial charge >= 0.3 is 0 Å². The molecule has 1 saturated heterocycles. The molecule has 1 aliphatic rings. The van der Waals surface area contributed by atoms with Gasteiger partial charge in [-0.3, -0.25) is 4.90 Å². The highest BCUT2D eigenvalue weighted by Gasteiger charge is 2.24. The van der Waals surface area contributed by atoms with Gasteiger partial charge in [0.2, 0.25) is 0 Å². The van der Waals surface area contributed by atoms with Gasteiger partial charge in [-0.25, -0.2) is 0 Å². The molecule has 0 saturated carbocycles. The highest BCUT2D eigenvalue weighted by atomic mass is 35.5.